The Morgan fingerprint density at radius 2 is 1.74 bits per heavy atom. The molecule has 1 amide bonds. The van der Waals surface area contributed by atoms with E-state index in [1.165, 1.54) is 6.92 Å². The number of nitrogens with one attached hydrogen (secondary N) is 1. The van der Waals surface area contributed by atoms with Crippen molar-refractivity contribution in [1.82, 2.24) is 0 Å². The van der Waals surface area contributed by atoms with Gasteiger partial charge in [0.15, 0.2) is 5.78 Å². The van der Waals surface area contributed by atoms with Gasteiger partial charge in [-0.05, 0) is 30.5 Å². The molecular formula is C20H23NO2. The topological polar surface area (TPSA) is 46.2 Å². The number of Topliss-reactive ketones (excluding diaryl/α,β-unsaturated/α-hetero) is 1. The minimum Gasteiger partial charge on any atom is -0.326 e. The minimum absolute atomic E-state index is 0.0114. The summed E-state index contributed by atoms with van der Waals surface area (Å²) in [6.45, 7) is 5.69. The van der Waals surface area contributed by atoms with E-state index in [1.54, 1.807) is 18.2 Å². The van der Waals surface area contributed by atoms with Crippen LogP contribution in [0.3, 0.4) is 0 Å². The van der Waals surface area contributed by atoms with E-state index in [0.29, 0.717) is 11.3 Å². The van der Waals surface area contributed by atoms with E-state index in [-0.39, 0.29) is 23.5 Å². The summed E-state index contributed by atoms with van der Waals surface area (Å²) >= 11 is 0. The van der Waals surface area contributed by atoms with Gasteiger partial charge in [-0.15, -0.1) is 0 Å². The third-order valence-electron chi connectivity index (χ3n) is 4.19. The highest BCUT2D eigenvalue weighted by atomic mass is 16.2. The van der Waals surface area contributed by atoms with E-state index in [0.717, 1.165) is 12.0 Å². The summed E-state index contributed by atoms with van der Waals surface area (Å²) in [6, 6.07) is 16.9. The van der Waals surface area contributed by atoms with Crippen LogP contribution in [0.4, 0.5) is 5.69 Å². The lowest BCUT2D eigenvalue weighted by molar-refractivity contribution is -0.118. The average molecular weight is 309 g/mol. The van der Waals surface area contributed by atoms with E-state index in [4.69, 9.17) is 0 Å². The van der Waals surface area contributed by atoms with Crippen molar-refractivity contribution >= 4 is 17.4 Å². The fourth-order valence-corrected chi connectivity index (χ4v) is 2.67. The van der Waals surface area contributed by atoms with Gasteiger partial charge in [0.2, 0.25) is 5.91 Å². The first kappa shape index (κ1) is 16.9. The molecule has 2 aromatic rings. The van der Waals surface area contributed by atoms with Crippen LogP contribution in [0.2, 0.25) is 0 Å². The number of ketones is 1. The molecule has 0 aliphatic heterocycles. The maximum absolute atomic E-state index is 12.8. The molecule has 2 rings (SSSR count). The molecular weight excluding hydrogens is 286 g/mol. The highest BCUT2D eigenvalue weighted by molar-refractivity contribution is 5.99. The molecule has 3 heteroatoms. The SMILES string of the molecule is CC[C@@H](C)[C@@H](C(=O)Nc1cccc(C(C)=O)c1)c1ccccc1. The van der Waals surface area contributed by atoms with Crippen molar-refractivity contribution in [2.45, 2.75) is 33.1 Å². The number of hydrogen-bond donors (Lipinski definition) is 1. The average Bonchev–Trinajstić information content (AvgIpc) is 2.56. The van der Waals surface area contributed by atoms with E-state index >= 15 is 0 Å². The zero-order valence-corrected chi connectivity index (χ0v) is 13.9. The molecule has 0 aliphatic rings. The fourth-order valence-electron chi connectivity index (χ4n) is 2.67. The normalized spacial score (nSPS) is 13.2. The first-order valence-corrected chi connectivity index (χ1v) is 7.99. The summed E-state index contributed by atoms with van der Waals surface area (Å²) in [5.41, 5.74) is 2.27. The molecule has 2 atom stereocenters. The van der Waals surface area contributed by atoms with Crippen molar-refractivity contribution in [2.75, 3.05) is 5.32 Å². The highest BCUT2D eigenvalue weighted by Gasteiger charge is 2.25. The van der Waals surface area contributed by atoms with Crippen LogP contribution in [0.25, 0.3) is 0 Å². The monoisotopic (exact) mass is 309 g/mol. The summed E-state index contributed by atoms with van der Waals surface area (Å²) in [6.07, 6.45) is 0.917. The second-order valence-electron chi connectivity index (χ2n) is 5.90. The van der Waals surface area contributed by atoms with Crippen LogP contribution >= 0.6 is 0 Å². The molecule has 0 fully saturated rings. The smallest absolute Gasteiger partial charge is 0.232 e. The predicted molar refractivity (Wildman–Crippen MR) is 93.7 cm³/mol. The van der Waals surface area contributed by atoms with Gasteiger partial charge in [0.25, 0.3) is 0 Å². The predicted octanol–water partition coefficient (Wildman–Crippen LogP) is 4.66. The zero-order chi connectivity index (χ0) is 16.8. The number of benzene rings is 2. The molecule has 0 saturated heterocycles. The second-order valence-corrected chi connectivity index (χ2v) is 5.90. The second kappa shape index (κ2) is 7.73. The van der Waals surface area contributed by atoms with Crippen molar-refractivity contribution in [1.29, 1.82) is 0 Å². The summed E-state index contributed by atoms with van der Waals surface area (Å²) in [5.74, 6) is -0.0236. The van der Waals surface area contributed by atoms with Crippen LogP contribution in [-0.2, 0) is 4.79 Å². The molecule has 0 heterocycles. The summed E-state index contributed by atoms with van der Waals surface area (Å²) < 4.78 is 0. The van der Waals surface area contributed by atoms with Gasteiger partial charge in [-0.1, -0.05) is 62.7 Å². The first-order valence-electron chi connectivity index (χ1n) is 7.99. The van der Waals surface area contributed by atoms with E-state index in [1.807, 2.05) is 36.4 Å². The Balaban J connectivity index is 2.25. The number of amides is 1. The molecule has 0 bridgehead atoms. The molecule has 0 spiro atoms. The summed E-state index contributed by atoms with van der Waals surface area (Å²) in [4.78, 5) is 24.3. The molecule has 120 valence electrons. The van der Waals surface area contributed by atoms with Gasteiger partial charge in [0.05, 0.1) is 5.92 Å². The quantitative estimate of drug-likeness (QED) is 0.789. The summed E-state index contributed by atoms with van der Waals surface area (Å²) in [7, 11) is 0. The van der Waals surface area contributed by atoms with Crippen LogP contribution in [0.5, 0.6) is 0 Å². The first-order chi connectivity index (χ1) is 11.0. The number of anilines is 1. The number of rotatable bonds is 6. The van der Waals surface area contributed by atoms with Gasteiger partial charge < -0.3 is 5.32 Å². The van der Waals surface area contributed by atoms with Crippen molar-refractivity contribution in [3.8, 4) is 0 Å². The molecule has 0 unspecified atom stereocenters. The van der Waals surface area contributed by atoms with Crippen LogP contribution in [-0.4, -0.2) is 11.7 Å². The van der Waals surface area contributed by atoms with E-state index < -0.39 is 0 Å². The molecule has 23 heavy (non-hydrogen) atoms. The maximum atomic E-state index is 12.8. The van der Waals surface area contributed by atoms with Crippen LogP contribution in [0, 0.1) is 5.92 Å². The molecule has 0 radical (unpaired) electrons. The Bertz CT molecular complexity index is 679. The maximum Gasteiger partial charge on any atom is 0.232 e. The lowest BCUT2D eigenvalue weighted by Crippen LogP contribution is -2.26. The molecule has 3 nitrogen and oxygen atoms in total. The van der Waals surface area contributed by atoms with Gasteiger partial charge in [-0.25, -0.2) is 0 Å². The lowest BCUT2D eigenvalue weighted by atomic mass is 9.85. The lowest BCUT2D eigenvalue weighted by Gasteiger charge is -2.23. The van der Waals surface area contributed by atoms with Crippen LogP contribution in [0.1, 0.15) is 49.0 Å². The number of carbonyl (C=O) groups is 2. The Labute approximate surface area is 137 Å². The third-order valence-corrected chi connectivity index (χ3v) is 4.19. The minimum atomic E-state index is -0.206. The van der Waals surface area contributed by atoms with Crippen molar-refractivity contribution in [3.05, 3.63) is 65.7 Å². The molecule has 1 N–H and O–H groups in total. The van der Waals surface area contributed by atoms with Gasteiger partial charge in [-0.2, -0.15) is 0 Å². The van der Waals surface area contributed by atoms with Crippen molar-refractivity contribution in [2.24, 2.45) is 5.92 Å². The van der Waals surface area contributed by atoms with Crippen molar-refractivity contribution < 1.29 is 9.59 Å². The molecule has 0 saturated carbocycles. The Kier molecular flexibility index (Phi) is 5.69. The molecule has 2 aromatic carbocycles. The standard InChI is InChI=1S/C20H23NO2/c1-4-14(2)19(16-9-6-5-7-10-16)20(23)21-18-12-8-11-17(13-18)15(3)22/h5-14,19H,4H2,1-3H3,(H,21,23)/t14-,19-/m1/s1. The van der Waals surface area contributed by atoms with E-state index in [9.17, 15) is 9.59 Å². The Morgan fingerprint density at radius 3 is 2.35 bits per heavy atom. The zero-order valence-electron chi connectivity index (χ0n) is 13.9. The Hall–Kier alpha value is -2.42. The third kappa shape index (κ3) is 4.28. The van der Waals surface area contributed by atoms with Crippen LogP contribution in [0.15, 0.2) is 54.6 Å². The molecule has 0 aliphatic carbocycles. The van der Waals surface area contributed by atoms with Gasteiger partial charge in [0.1, 0.15) is 0 Å². The summed E-state index contributed by atoms with van der Waals surface area (Å²) in [5, 5.41) is 2.96. The highest BCUT2D eigenvalue weighted by Crippen LogP contribution is 2.28. The van der Waals surface area contributed by atoms with Gasteiger partial charge in [-0.3, -0.25) is 9.59 Å². The van der Waals surface area contributed by atoms with Gasteiger partial charge >= 0.3 is 0 Å². The van der Waals surface area contributed by atoms with Crippen molar-refractivity contribution in [3.63, 3.8) is 0 Å². The number of carbonyl (C=O) groups excluding carboxylic acids is 2. The van der Waals surface area contributed by atoms with Gasteiger partial charge in [0, 0.05) is 11.3 Å². The Morgan fingerprint density at radius 1 is 1.04 bits per heavy atom. The van der Waals surface area contributed by atoms with E-state index in [2.05, 4.69) is 19.2 Å². The molecule has 0 aromatic heterocycles. The fraction of sp³-hybridized carbons (Fsp3) is 0.300. The largest absolute Gasteiger partial charge is 0.326 e. The van der Waals surface area contributed by atoms with Crippen LogP contribution < -0.4 is 5.32 Å². The number of hydrogen-bond acceptors (Lipinski definition) is 2.